The number of rotatable bonds is 5. The molecular formula is C22H24F3N5OS. The number of nitrogens with zero attached hydrogens (tertiary/aromatic N) is 5. The molecule has 2 saturated heterocycles. The number of likely N-dealkylation sites (tertiary alicyclic amines) is 1. The van der Waals surface area contributed by atoms with E-state index in [9.17, 15) is 13.2 Å². The maximum atomic E-state index is 12.9. The Bertz CT molecular complexity index is 1100. The van der Waals surface area contributed by atoms with E-state index in [-0.39, 0.29) is 4.88 Å². The monoisotopic (exact) mass is 463 g/mol. The number of hydrogen-bond acceptors (Lipinski definition) is 7. The van der Waals surface area contributed by atoms with Gasteiger partial charge in [0, 0.05) is 49.0 Å². The molecule has 0 spiro atoms. The zero-order chi connectivity index (χ0) is 22.3. The van der Waals surface area contributed by atoms with Crippen LogP contribution in [0.15, 0.2) is 30.9 Å². The van der Waals surface area contributed by atoms with E-state index in [1.165, 1.54) is 6.33 Å². The van der Waals surface area contributed by atoms with Crippen LogP contribution in [0.3, 0.4) is 0 Å². The van der Waals surface area contributed by atoms with E-state index in [1.54, 1.807) is 19.4 Å². The van der Waals surface area contributed by atoms with E-state index in [1.807, 2.05) is 12.3 Å². The van der Waals surface area contributed by atoms with Gasteiger partial charge in [-0.2, -0.15) is 13.2 Å². The van der Waals surface area contributed by atoms with Gasteiger partial charge in [0.05, 0.1) is 18.9 Å². The van der Waals surface area contributed by atoms with Gasteiger partial charge in [-0.05, 0) is 36.9 Å². The molecule has 10 heteroatoms. The fourth-order valence-corrected chi connectivity index (χ4v) is 5.98. The maximum absolute atomic E-state index is 12.9. The molecule has 3 aromatic rings. The van der Waals surface area contributed by atoms with Gasteiger partial charge in [-0.15, -0.1) is 11.3 Å². The average molecular weight is 464 g/mol. The molecular weight excluding hydrogens is 439 g/mol. The third kappa shape index (κ3) is 4.38. The Morgan fingerprint density at radius 1 is 1.19 bits per heavy atom. The minimum Gasteiger partial charge on any atom is -0.496 e. The summed E-state index contributed by atoms with van der Waals surface area (Å²) in [6.45, 7) is 4.49. The van der Waals surface area contributed by atoms with Crippen LogP contribution in [0, 0.1) is 11.8 Å². The number of anilines is 1. The summed E-state index contributed by atoms with van der Waals surface area (Å²) in [5.74, 6) is 2.66. The third-order valence-corrected chi connectivity index (χ3v) is 7.43. The van der Waals surface area contributed by atoms with Crippen molar-refractivity contribution in [3.63, 3.8) is 0 Å². The topological polar surface area (TPSA) is 54.4 Å². The Morgan fingerprint density at radius 2 is 2.03 bits per heavy atom. The predicted molar refractivity (Wildman–Crippen MR) is 117 cm³/mol. The number of halogens is 3. The second-order valence-electron chi connectivity index (χ2n) is 8.56. The molecule has 0 radical (unpaired) electrons. The Kier molecular flexibility index (Phi) is 5.66. The molecule has 6 nitrogen and oxygen atoms in total. The van der Waals surface area contributed by atoms with Crippen molar-refractivity contribution in [2.75, 3.05) is 38.2 Å². The van der Waals surface area contributed by atoms with Crippen LogP contribution in [-0.4, -0.2) is 59.3 Å². The fourth-order valence-electron chi connectivity index (χ4n) is 4.96. The second kappa shape index (κ2) is 8.47. The number of thiophene rings is 1. The highest BCUT2D eigenvalue weighted by Gasteiger charge is 2.38. The Balaban J connectivity index is 1.31. The van der Waals surface area contributed by atoms with Gasteiger partial charge in [-0.25, -0.2) is 9.97 Å². The normalized spacial score (nSPS) is 21.8. The lowest BCUT2D eigenvalue weighted by Gasteiger charge is -2.34. The van der Waals surface area contributed by atoms with Gasteiger partial charge in [0.2, 0.25) is 0 Å². The summed E-state index contributed by atoms with van der Waals surface area (Å²) in [6.07, 6.45) is 0.993. The van der Waals surface area contributed by atoms with Crippen LogP contribution in [-0.2, 0) is 13.0 Å². The van der Waals surface area contributed by atoms with Gasteiger partial charge in [-0.1, -0.05) is 0 Å². The van der Waals surface area contributed by atoms with E-state index >= 15 is 0 Å². The minimum atomic E-state index is -4.22. The first-order chi connectivity index (χ1) is 15.4. The van der Waals surface area contributed by atoms with Crippen LogP contribution < -0.4 is 9.64 Å². The van der Waals surface area contributed by atoms with Crippen molar-refractivity contribution in [1.82, 2.24) is 19.9 Å². The summed E-state index contributed by atoms with van der Waals surface area (Å²) in [4.78, 5) is 18.5. The van der Waals surface area contributed by atoms with Crippen molar-refractivity contribution in [1.29, 1.82) is 0 Å². The average Bonchev–Trinajstić information content (AvgIpc) is 3.35. The van der Waals surface area contributed by atoms with E-state index in [0.29, 0.717) is 16.7 Å². The quantitative estimate of drug-likeness (QED) is 0.567. The molecule has 2 aliphatic heterocycles. The number of ether oxygens (including phenoxy) is 1. The van der Waals surface area contributed by atoms with Gasteiger partial charge in [0.1, 0.15) is 22.7 Å². The van der Waals surface area contributed by atoms with Crippen LogP contribution in [0.25, 0.3) is 10.2 Å². The summed E-state index contributed by atoms with van der Waals surface area (Å²) in [6, 6.07) is 3.50. The van der Waals surface area contributed by atoms with Crippen LogP contribution in [0.2, 0.25) is 0 Å². The van der Waals surface area contributed by atoms with E-state index in [4.69, 9.17) is 4.74 Å². The molecule has 0 aromatic carbocycles. The van der Waals surface area contributed by atoms with Gasteiger partial charge in [0.15, 0.2) is 0 Å². The first kappa shape index (κ1) is 21.4. The molecule has 2 atom stereocenters. The van der Waals surface area contributed by atoms with Crippen molar-refractivity contribution in [2.24, 2.45) is 11.8 Å². The SMILES string of the molecule is COc1ccncc1CN1CC[C@@H]2CN(c3ncnc4sc(CC(F)(F)F)cc34)C[C@@H]2C1. The maximum Gasteiger partial charge on any atom is 0.393 e. The zero-order valence-electron chi connectivity index (χ0n) is 17.7. The summed E-state index contributed by atoms with van der Waals surface area (Å²) < 4.78 is 44.0. The molecule has 170 valence electrons. The van der Waals surface area contributed by atoms with Gasteiger partial charge < -0.3 is 9.64 Å². The van der Waals surface area contributed by atoms with Crippen molar-refractivity contribution in [3.05, 3.63) is 41.3 Å². The number of methoxy groups -OCH3 is 1. The number of piperidine rings is 1. The standard InChI is InChI=1S/C22H24F3N5OS/c1-31-19-2-4-26-8-15(19)9-29-5-3-14-11-30(12-16(14)10-29)20-18-6-17(7-22(23,24)25)32-21(18)28-13-27-20/h2,4,6,8,13-14,16H,3,5,7,9-12H2,1H3/t14-,16+/m1/s1. The van der Waals surface area contributed by atoms with Crippen molar-refractivity contribution >= 4 is 27.4 Å². The first-order valence-corrected chi connectivity index (χ1v) is 11.5. The zero-order valence-corrected chi connectivity index (χ0v) is 18.5. The second-order valence-corrected chi connectivity index (χ2v) is 9.67. The predicted octanol–water partition coefficient (Wildman–Crippen LogP) is 4.16. The molecule has 0 N–H and O–H groups in total. The number of pyridine rings is 1. The third-order valence-electron chi connectivity index (χ3n) is 6.39. The highest BCUT2D eigenvalue weighted by atomic mass is 32.1. The highest BCUT2D eigenvalue weighted by Crippen LogP contribution is 2.38. The van der Waals surface area contributed by atoms with Gasteiger partial charge in [-0.3, -0.25) is 9.88 Å². The van der Waals surface area contributed by atoms with Gasteiger partial charge in [0.25, 0.3) is 0 Å². The molecule has 2 aliphatic rings. The molecule has 0 aliphatic carbocycles. The summed E-state index contributed by atoms with van der Waals surface area (Å²) >= 11 is 1.10. The van der Waals surface area contributed by atoms with Gasteiger partial charge >= 0.3 is 6.18 Å². The van der Waals surface area contributed by atoms with E-state index in [0.717, 1.165) is 73.0 Å². The molecule has 0 bridgehead atoms. The minimum absolute atomic E-state index is 0.280. The molecule has 3 aromatic heterocycles. The number of fused-ring (bicyclic) bond motifs is 2. The molecule has 5 rings (SSSR count). The van der Waals surface area contributed by atoms with Crippen molar-refractivity contribution < 1.29 is 17.9 Å². The first-order valence-electron chi connectivity index (χ1n) is 10.6. The summed E-state index contributed by atoms with van der Waals surface area (Å²) in [5, 5.41) is 0.729. The number of aromatic nitrogens is 3. The molecule has 32 heavy (non-hydrogen) atoms. The molecule has 2 fully saturated rings. The molecule has 0 saturated carbocycles. The number of alkyl halides is 3. The van der Waals surface area contributed by atoms with Crippen LogP contribution in [0.5, 0.6) is 5.75 Å². The highest BCUT2D eigenvalue weighted by molar-refractivity contribution is 7.18. The lowest BCUT2D eigenvalue weighted by Crippen LogP contribution is -2.39. The van der Waals surface area contributed by atoms with Crippen LogP contribution in [0.4, 0.5) is 19.0 Å². The lowest BCUT2D eigenvalue weighted by molar-refractivity contribution is -0.126. The molecule has 0 unspecified atom stereocenters. The lowest BCUT2D eigenvalue weighted by atomic mass is 9.88. The Morgan fingerprint density at radius 3 is 2.84 bits per heavy atom. The smallest absolute Gasteiger partial charge is 0.393 e. The van der Waals surface area contributed by atoms with Crippen molar-refractivity contribution in [2.45, 2.75) is 25.6 Å². The van der Waals surface area contributed by atoms with E-state index < -0.39 is 12.6 Å². The molecule has 0 amide bonds. The van der Waals surface area contributed by atoms with Crippen LogP contribution >= 0.6 is 11.3 Å². The fraction of sp³-hybridized carbons (Fsp3) is 0.500. The summed E-state index contributed by atoms with van der Waals surface area (Å²) in [7, 11) is 1.67. The Labute approximate surface area is 188 Å². The molecule has 5 heterocycles. The van der Waals surface area contributed by atoms with Crippen molar-refractivity contribution in [3.8, 4) is 5.75 Å². The van der Waals surface area contributed by atoms with Crippen LogP contribution in [0.1, 0.15) is 16.9 Å². The Hall–Kier alpha value is -2.46. The van der Waals surface area contributed by atoms with E-state index in [2.05, 4.69) is 24.8 Å². The largest absolute Gasteiger partial charge is 0.496 e. The number of hydrogen-bond donors (Lipinski definition) is 0. The summed E-state index contributed by atoms with van der Waals surface area (Å²) in [5.41, 5.74) is 1.08.